The molecule has 5 rings (SSSR count). The number of amides is 1. The van der Waals surface area contributed by atoms with Crippen molar-refractivity contribution in [2.24, 2.45) is 4.99 Å². The van der Waals surface area contributed by atoms with Crippen molar-refractivity contribution in [2.45, 2.75) is 13.0 Å². The van der Waals surface area contributed by atoms with Gasteiger partial charge in [-0.15, -0.1) is 0 Å². The molecule has 1 amide bonds. The Balaban J connectivity index is 1.36. The zero-order chi connectivity index (χ0) is 23.5. The van der Waals surface area contributed by atoms with Crippen molar-refractivity contribution < 1.29 is 18.6 Å². The van der Waals surface area contributed by atoms with Crippen LogP contribution < -0.4 is 15.7 Å². The first kappa shape index (κ1) is 22.8. The summed E-state index contributed by atoms with van der Waals surface area (Å²) in [5.74, 6) is 2.02. The number of hydrogen-bond donors (Lipinski definition) is 3. The molecule has 1 saturated heterocycles. The van der Waals surface area contributed by atoms with Gasteiger partial charge in [0, 0.05) is 50.5 Å². The second-order valence-corrected chi connectivity index (χ2v) is 10.8. The number of rotatable bonds is 6. The van der Waals surface area contributed by atoms with Crippen LogP contribution in [-0.2, 0) is 6.54 Å². The molecule has 0 spiro atoms. The van der Waals surface area contributed by atoms with E-state index < -0.39 is 16.5 Å². The van der Waals surface area contributed by atoms with E-state index >= 15 is 0 Å². The van der Waals surface area contributed by atoms with Crippen molar-refractivity contribution in [1.82, 2.24) is 19.4 Å². The van der Waals surface area contributed by atoms with Crippen LogP contribution >= 0.6 is 10.6 Å². The minimum absolute atomic E-state index is 0.338. The molecule has 34 heavy (non-hydrogen) atoms. The van der Waals surface area contributed by atoms with Gasteiger partial charge < -0.3 is 15.0 Å². The SMILES string of the molecule is O=C(N=c1nc2c(OCCCN3CCS(O)(O)CC3)cccc2c2n1CCN2)c1cccnc1. The molecule has 4 heterocycles. The number of para-hydroxylation sites is 1. The van der Waals surface area contributed by atoms with Gasteiger partial charge in [-0.25, -0.2) is 4.98 Å². The maximum Gasteiger partial charge on any atom is 0.281 e. The predicted octanol–water partition coefficient (Wildman–Crippen LogP) is 2.43. The molecular weight excluding hydrogens is 456 g/mol. The van der Waals surface area contributed by atoms with Crippen LogP contribution in [0.1, 0.15) is 16.8 Å². The minimum atomic E-state index is -2.37. The molecular formula is C23H28N6O4S. The van der Waals surface area contributed by atoms with Crippen molar-refractivity contribution >= 4 is 33.2 Å². The highest BCUT2D eigenvalue weighted by Crippen LogP contribution is 2.40. The number of benzene rings is 1. The first-order valence-electron chi connectivity index (χ1n) is 11.4. The molecule has 3 N–H and O–H groups in total. The van der Waals surface area contributed by atoms with Crippen LogP contribution in [0.25, 0.3) is 10.9 Å². The zero-order valence-electron chi connectivity index (χ0n) is 18.8. The molecule has 0 atom stereocenters. The van der Waals surface area contributed by atoms with E-state index in [9.17, 15) is 13.9 Å². The van der Waals surface area contributed by atoms with Crippen LogP contribution in [0.2, 0.25) is 0 Å². The molecule has 1 fully saturated rings. The molecule has 10 nitrogen and oxygen atoms in total. The summed E-state index contributed by atoms with van der Waals surface area (Å²) in [5.41, 5.74) is 1.41. The normalized spacial score (nSPS) is 18.9. The van der Waals surface area contributed by atoms with Gasteiger partial charge >= 0.3 is 0 Å². The van der Waals surface area contributed by atoms with Crippen molar-refractivity contribution in [2.75, 3.05) is 49.6 Å². The van der Waals surface area contributed by atoms with Gasteiger partial charge in [-0.3, -0.25) is 23.5 Å². The Labute approximate surface area is 198 Å². The van der Waals surface area contributed by atoms with Gasteiger partial charge in [0.25, 0.3) is 5.91 Å². The second-order valence-electron chi connectivity index (χ2n) is 8.40. The highest BCUT2D eigenvalue weighted by molar-refractivity contribution is 8.24. The summed E-state index contributed by atoms with van der Waals surface area (Å²) in [7, 11) is -2.37. The van der Waals surface area contributed by atoms with Gasteiger partial charge in [-0.2, -0.15) is 15.6 Å². The number of anilines is 1. The fourth-order valence-corrected chi connectivity index (χ4v) is 5.53. The van der Waals surface area contributed by atoms with E-state index in [1.165, 1.54) is 6.20 Å². The van der Waals surface area contributed by atoms with Gasteiger partial charge in [-0.05, 0) is 30.7 Å². The lowest BCUT2D eigenvalue weighted by molar-refractivity contribution is 0.0996. The molecule has 0 unspecified atom stereocenters. The van der Waals surface area contributed by atoms with Gasteiger partial charge in [0.1, 0.15) is 17.1 Å². The average Bonchev–Trinajstić information content (AvgIpc) is 3.34. The third-order valence-corrected chi connectivity index (χ3v) is 7.73. The molecule has 0 saturated carbocycles. The number of ether oxygens (including phenoxy) is 1. The molecule has 0 aliphatic carbocycles. The Kier molecular flexibility index (Phi) is 6.50. The Morgan fingerprint density at radius 1 is 1.18 bits per heavy atom. The molecule has 1 aromatic carbocycles. The van der Waals surface area contributed by atoms with Gasteiger partial charge in [0.2, 0.25) is 5.62 Å². The number of fused-ring (bicyclic) bond motifs is 3. The second kappa shape index (κ2) is 9.71. The highest BCUT2D eigenvalue weighted by atomic mass is 32.3. The van der Waals surface area contributed by atoms with Gasteiger partial charge in [0.05, 0.1) is 23.7 Å². The summed E-state index contributed by atoms with van der Waals surface area (Å²) in [6.07, 6.45) is 3.92. The Morgan fingerprint density at radius 3 is 2.82 bits per heavy atom. The van der Waals surface area contributed by atoms with E-state index in [0.717, 1.165) is 30.7 Å². The summed E-state index contributed by atoms with van der Waals surface area (Å²) in [4.78, 5) is 27.9. The molecule has 180 valence electrons. The van der Waals surface area contributed by atoms with E-state index in [4.69, 9.17) is 9.72 Å². The molecule has 0 radical (unpaired) electrons. The Bertz CT molecular complexity index is 1250. The van der Waals surface area contributed by atoms with Crippen molar-refractivity contribution in [3.05, 3.63) is 53.9 Å². The van der Waals surface area contributed by atoms with Gasteiger partial charge in [0.15, 0.2) is 0 Å². The zero-order valence-corrected chi connectivity index (χ0v) is 19.6. The Morgan fingerprint density at radius 2 is 2.03 bits per heavy atom. The number of pyridine rings is 1. The average molecular weight is 485 g/mol. The lowest BCUT2D eigenvalue weighted by atomic mass is 10.2. The third kappa shape index (κ3) is 4.92. The van der Waals surface area contributed by atoms with Crippen LogP contribution in [0.4, 0.5) is 5.82 Å². The van der Waals surface area contributed by atoms with Crippen LogP contribution in [0, 0.1) is 0 Å². The number of nitrogens with one attached hydrogen (secondary N) is 1. The fraction of sp³-hybridized carbons (Fsp3) is 0.391. The first-order chi connectivity index (χ1) is 16.5. The topological polar surface area (TPSA) is 125 Å². The molecule has 2 aliphatic rings. The van der Waals surface area contributed by atoms with Gasteiger partial charge in [-0.1, -0.05) is 6.07 Å². The number of carbonyl (C=O) groups excluding carboxylic acids is 1. The molecule has 11 heteroatoms. The van der Waals surface area contributed by atoms with Crippen LogP contribution in [0.5, 0.6) is 5.75 Å². The fourth-order valence-electron chi connectivity index (χ4n) is 4.23. The summed E-state index contributed by atoms with van der Waals surface area (Å²) >= 11 is 0. The van der Waals surface area contributed by atoms with E-state index in [0.29, 0.717) is 60.2 Å². The molecule has 0 bridgehead atoms. The van der Waals surface area contributed by atoms with Crippen molar-refractivity contribution in [1.29, 1.82) is 0 Å². The van der Waals surface area contributed by atoms with E-state index in [2.05, 4.69) is 20.2 Å². The summed E-state index contributed by atoms with van der Waals surface area (Å²) in [6, 6.07) is 9.19. The van der Waals surface area contributed by atoms with Crippen LogP contribution in [-0.4, -0.2) is 78.7 Å². The number of carbonyl (C=O) groups is 1. The summed E-state index contributed by atoms with van der Waals surface area (Å²) in [5, 5.41) is 4.30. The standard InChI is InChI=1S/C23H28N6O4S/c30-22(17-4-2-7-24-16-17)27-23-26-20-18(21-25-8-10-29(21)23)5-1-6-19(20)33-13-3-9-28-11-14-34(31,32)15-12-28/h1-2,4-7,16,25,31-32H,3,8-15H2. The molecule has 3 aromatic rings. The minimum Gasteiger partial charge on any atom is -0.491 e. The first-order valence-corrected chi connectivity index (χ1v) is 13.2. The maximum atomic E-state index is 12.7. The lowest BCUT2D eigenvalue weighted by Crippen LogP contribution is -2.39. The summed E-state index contributed by atoms with van der Waals surface area (Å²) in [6.45, 7) is 4.14. The van der Waals surface area contributed by atoms with Crippen molar-refractivity contribution in [3.63, 3.8) is 0 Å². The number of nitrogens with zero attached hydrogens (tertiary/aromatic N) is 5. The lowest BCUT2D eigenvalue weighted by Gasteiger charge is -2.40. The van der Waals surface area contributed by atoms with E-state index in [1.807, 2.05) is 22.8 Å². The Hall–Kier alpha value is -2.99. The molecule has 2 aromatic heterocycles. The highest BCUT2D eigenvalue weighted by Gasteiger charge is 2.22. The number of aromatic nitrogens is 3. The number of hydrogen-bond acceptors (Lipinski definition) is 8. The third-order valence-electron chi connectivity index (χ3n) is 6.06. The quantitative estimate of drug-likeness (QED) is 0.456. The van der Waals surface area contributed by atoms with Crippen molar-refractivity contribution in [3.8, 4) is 5.75 Å². The summed E-state index contributed by atoms with van der Waals surface area (Å²) < 4.78 is 27.5. The maximum absolute atomic E-state index is 12.7. The van der Waals surface area contributed by atoms with E-state index in [-0.39, 0.29) is 0 Å². The van der Waals surface area contributed by atoms with E-state index in [1.54, 1.807) is 18.3 Å². The van der Waals surface area contributed by atoms with Crippen LogP contribution in [0.3, 0.4) is 0 Å². The molecule has 2 aliphatic heterocycles. The van der Waals surface area contributed by atoms with Crippen LogP contribution in [0.15, 0.2) is 47.7 Å². The largest absolute Gasteiger partial charge is 0.491 e. The predicted molar refractivity (Wildman–Crippen MR) is 131 cm³/mol. The monoisotopic (exact) mass is 484 g/mol. The smallest absolute Gasteiger partial charge is 0.281 e.